The molecule has 2 aromatic heterocycles. The Morgan fingerprint density at radius 2 is 2.05 bits per heavy atom. The summed E-state index contributed by atoms with van der Waals surface area (Å²) in [6.45, 7) is 4.26. The van der Waals surface area contributed by atoms with E-state index in [0.29, 0.717) is 23.5 Å². The summed E-state index contributed by atoms with van der Waals surface area (Å²) in [7, 11) is 0. The molecule has 3 rings (SSSR count). The number of allylic oxidation sites excluding steroid dienone is 1. The lowest BCUT2D eigenvalue weighted by molar-refractivity contribution is 0.319. The van der Waals surface area contributed by atoms with Gasteiger partial charge >= 0.3 is 5.63 Å². The van der Waals surface area contributed by atoms with Gasteiger partial charge in [0, 0.05) is 12.1 Å². The van der Waals surface area contributed by atoms with Crippen LogP contribution < -0.4 is 10.4 Å². The van der Waals surface area contributed by atoms with E-state index in [1.165, 1.54) is 6.07 Å². The van der Waals surface area contributed by atoms with Gasteiger partial charge in [-0.2, -0.15) is 0 Å². The van der Waals surface area contributed by atoms with Gasteiger partial charge < -0.3 is 13.6 Å². The van der Waals surface area contributed by atoms with Crippen LogP contribution >= 0.6 is 0 Å². The molecule has 0 spiro atoms. The third kappa shape index (κ3) is 2.20. The molecule has 4 nitrogen and oxygen atoms in total. The fraction of sp³-hybridized carbons (Fsp3) is 0.188. The van der Waals surface area contributed by atoms with Crippen molar-refractivity contribution in [3.63, 3.8) is 0 Å². The van der Waals surface area contributed by atoms with E-state index in [4.69, 9.17) is 13.6 Å². The van der Waals surface area contributed by atoms with Crippen LogP contribution in [-0.4, -0.2) is 6.61 Å². The second-order valence-corrected chi connectivity index (χ2v) is 4.48. The number of hydrogen-bond acceptors (Lipinski definition) is 4. The van der Waals surface area contributed by atoms with Crippen LogP contribution in [0.15, 0.2) is 56.8 Å². The van der Waals surface area contributed by atoms with Gasteiger partial charge in [-0.15, -0.1) is 6.58 Å². The summed E-state index contributed by atoms with van der Waals surface area (Å²) >= 11 is 0. The molecule has 0 aliphatic rings. The van der Waals surface area contributed by atoms with Crippen molar-refractivity contribution in [3.05, 3.63) is 53.6 Å². The highest BCUT2D eigenvalue weighted by Crippen LogP contribution is 2.35. The first-order valence-corrected chi connectivity index (χ1v) is 6.47. The van der Waals surface area contributed by atoms with Crippen LogP contribution in [0.4, 0.5) is 0 Å². The van der Waals surface area contributed by atoms with Crippen LogP contribution in [0.1, 0.15) is 12.8 Å². The van der Waals surface area contributed by atoms with Crippen molar-refractivity contribution in [2.24, 2.45) is 0 Å². The second kappa shape index (κ2) is 5.25. The molecule has 0 aliphatic heterocycles. The maximum atomic E-state index is 11.3. The van der Waals surface area contributed by atoms with E-state index in [-0.39, 0.29) is 5.63 Å². The van der Waals surface area contributed by atoms with Crippen LogP contribution in [0.2, 0.25) is 0 Å². The molecule has 0 saturated heterocycles. The monoisotopic (exact) mass is 270 g/mol. The van der Waals surface area contributed by atoms with E-state index >= 15 is 0 Å². The zero-order valence-electron chi connectivity index (χ0n) is 10.9. The molecule has 102 valence electrons. The summed E-state index contributed by atoms with van der Waals surface area (Å²) in [6.07, 6.45) is 5.24. The Bertz CT molecular complexity index is 810. The van der Waals surface area contributed by atoms with Gasteiger partial charge in [0.15, 0.2) is 0 Å². The quantitative estimate of drug-likeness (QED) is 0.401. The molecule has 3 aromatic rings. The van der Waals surface area contributed by atoms with E-state index in [9.17, 15) is 4.79 Å². The molecule has 1 aromatic carbocycles. The number of rotatable bonds is 5. The summed E-state index contributed by atoms with van der Waals surface area (Å²) in [4.78, 5) is 11.3. The molecule has 2 heterocycles. The van der Waals surface area contributed by atoms with Gasteiger partial charge in [-0.1, -0.05) is 6.08 Å². The van der Waals surface area contributed by atoms with Crippen molar-refractivity contribution in [2.45, 2.75) is 12.8 Å². The molecular weight excluding hydrogens is 256 g/mol. The Kier molecular flexibility index (Phi) is 3.29. The third-order valence-electron chi connectivity index (χ3n) is 3.11. The van der Waals surface area contributed by atoms with Gasteiger partial charge in [0.25, 0.3) is 0 Å². The van der Waals surface area contributed by atoms with Crippen molar-refractivity contribution >= 4 is 21.9 Å². The predicted octanol–water partition coefficient (Wildman–Crippen LogP) is 3.88. The molecule has 0 fully saturated rings. The summed E-state index contributed by atoms with van der Waals surface area (Å²) < 4.78 is 16.4. The molecule has 20 heavy (non-hydrogen) atoms. The Labute approximate surface area is 115 Å². The number of unbranched alkanes of at least 4 members (excludes halogenated alkanes) is 1. The van der Waals surface area contributed by atoms with E-state index in [0.717, 1.165) is 23.6 Å². The van der Waals surface area contributed by atoms with Crippen molar-refractivity contribution in [1.29, 1.82) is 0 Å². The molecule has 0 N–H and O–H groups in total. The van der Waals surface area contributed by atoms with Crippen LogP contribution in [0.3, 0.4) is 0 Å². The zero-order valence-corrected chi connectivity index (χ0v) is 10.9. The maximum absolute atomic E-state index is 11.3. The fourth-order valence-electron chi connectivity index (χ4n) is 2.17. The second-order valence-electron chi connectivity index (χ2n) is 4.48. The summed E-state index contributed by atoms with van der Waals surface area (Å²) in [5, 5.41) is 1.65. The predicted molar refractivity (Wildman–Crippen MR) is 77.2 cm³/mol. The third-order valence-corrected chi connectivity index (χ3v) is 3.11. The van der Waals surface area contributed by atoms with Gasteiger partial charge in [-0.05, 0) is 25.0 Å². The number of benzene rings is 1. The van der Waals surface area contributed by atoms with Crippen LogP contribution in [-0.2, 0) is 0 Å². The van der Waals surface area contributed by atoms with Crippen LogP contribution in [0.25, 0.3) is 21.9 Å². The highest BCUT2D eigenvalue weighted by Gasteiger charge is 2.12. The van der Waals surface area contributed by atoms with Crippen molar-refractivity contribution < 1.29 is 13.6 Å². The van der Waals surface area contributed by atoms with Gasteiger partial charge in [0.2, 0.25) is 0 Å². The SMILES string of the molecule is C=CCCCOc1c2ccoc2cc2oc(=O)ccc12. The highest BCUT2D eigenvalue weighted by atomic mass is 16.5. The number of fused-ring (bicyclic) bond motifs is 2. The normalized spacial score (nSPS) is 11.0. The minimum atomic E-state index is -0.388. The summed E-state index contributed by atoms with van der Waals surface area (Å²) in [5.41, 5.74) is 0.727. The van der Waals surface area contributed by atoms with Crippen molar-refractivity contribution in [1.82, 2.24) is 0 Å². The number of ether oxygens (including phenoxy) is 1. The highest BCUT2D eigenvalue weighted by molar-refractivity contribution is 6.01. The topological polar surface area (TPSA) is 52.6 Å². The van der Waals surface area contributed by atoms with Gasteiger partial charge in [0.05, 0.1) is 23.6 Å². The molecule has 0 aliphatic carbocycles. The maximum Gasteiger partial charge on any atom is 0.336 e. The molecule has 0 saturated carbocycles. The smallest absolute Gasteiger partial charge is 0.336 e. The first kappa shape index (κ1) is 12.5. The van der Waals surface area contributed by atoms with Crippen molar-refractivity contribution in [2.75, 3.05) is 6.61 Å². The van der Waals surface area contributed by atoms with E-state index < -0.39 is 0 Å². The zero-order chi connectivity index (χ0) is 13.9. The molecule has 4 heteroatoms. The number of hydrogen-bond donors (Lipinski definition) is 0. The average molecular weight is 270 g/mol. The molecule has 0 atom stereocenters. The lowest BCUT2D eigenvalue weighted by Gasteiger charge is -2.09. The van der Waals surface area contributed by atoms with Crippen LogP contribution in [0, 0.1) is 0 Å². The Balaban J connectivity index is 2.10. The molecular formula is C16H14O4. The van der Waals surface area contributed by atoms with Gasteiger partial charge in [-0.25, -0.2) is 4.79 Å². The summed E-state index contributed by atoms with van der Waals surface area (Å²) in [5.74, 6) is 0.694. The van der Waals surface area contributed by atoms with Crippen LogP contribution in [0.5, 0.6) is 5.75 Å². The van der Waals surface area contributed by atoms with E-state index in [1.54, 1.807) is 18.4 Å². The average Bonchev–Trinajstić information content (AvgIpc) is 2.90. The Morgan fingerprint density at radius 3 is 2.90 bits per heavy atom. The lowest BCUT2D eigenvalue weighted by atomic mass is 10.1. The van der Waals surface area contributed by atoms with E-state index in [1.807, 2.05) is 12.1 Å². The molecule has 0 unspecified atom stereocenters. The largest absolute Gasteiger partial charge is 0.492 e. The van der Waals surface area contributed by atoms with Gasteiger partial charge in [-0.3, -0.25) is 0 Å². The molecule has 0 radical (unpaired) electrons. The first-order chi connectivity index (χ1) is 9.79. The number of furan rings is 1. The minimum absolute atomic E-state index is 0.388. The van der Waals surface area contributed by atoms with Gasteiger partial charge in [0.1, 0.15) is 16.9 Å². The molecule has 0 amide bonds. The fourth-order valence-corrected chi connectivity index (χ4v) is 2.17. The Morgan fingerprint density at radius 1 is 1.20 bits per heavy atom. The Hall–Kier alpha value is -2.49. The minimum Gasteiger partial charge on any atom is -0.492 e. The van der Waals surface area contributed by atoms with E-state index in [2.05, 4.69) is 6.58 Å². The standard InChI is InChI=1S/C16H14O4/c1-2-3-4-8-19-16-11-5-6-15(17)20-14(11)10-13-12(16)7-9-18-13/h2,5-7,9-10H,1,3-4,8H2. The van der Waals surface area contributed by atoms with Crippen molar-refractivity contribution in [3.8, 4) is 5.75 Å². The lowest BCUT2D eigenvalue weighted by Crippen LogP contribution is -2.00. The summed E-state index contributed by atoms with van der Waals surface area (Å²) in [6, 6.07) is 6.67. The molecule has 0 bridgehead atoms. The first-order valence-electron chi connectivity index (χ1n) is 6.47.